The number of hydrogen-bond donors (Lipinski definition) is 3. The molecular formula is C62H82BrN9O11Si. The van der Waals surface area contributed by atoms with E-state index in [1.54, 1.807) is 80.8 Å². The number of ketones is 2. The lowest BCUT2D eigenvalue weighted by atomic mass is 9.88. The number of aliphatic imine (C=N–C) groups is 2. The van der Waals surface area contributed by atoms with Crippen LogP contribution in [0.5, 0.6) is 0 Å². The summed E-state index contributed by atoms with van der Waals surface area (Å²) in [5.74, 6) is -2.80. The number of esters is 1. The maximum atomic E-state index is 14.2. The van der Waals surface area contributed by atoms with Gasteiger partial charge in [0.25, 0.3) is 17.8 Å². The number of aromatic nitrogens is 2. The molecule has 3 aromatic carbocycles. The fourth-order valence-electron chi connectivity index (χ4n) is 7.33. The number of nitrogens with two attached hydrogens (primary N) is 1. The van der Waals surface area contributed by atoms with Crippen LogP contribution in [0.4, 0.5) is 16.2 Å². The third-order valence-electron chi connectivity index (χ3n) is 13.1. The molecule has 22 heteroatoms. The lowest BCUT2D eigenvalue weighted by Gasteiger charge is -2.39. The largest absolute Gasteiger partial charge is 0.481 e. The van der Waals surface area contributed by atoms with Gasteiger partial charge in [-0.05, 0) is 73.9 Å². The number of para-hydroxylation sites is 2. The number of carboxylic acid groups (broad SMARTS) is 1. The van der Waals surface area contributed by atoms with Crippen LogP contribution >= 0.6 is 17.0 Å². The molecule has 2 atom stereocenters. The number of nitriles is 1. The van der Waals surface area contributed by atoms with Crippen LogP contribution in [0.2, 0.25) is 18.1 Å². The summed E-state index contributed by atoms with van der Waals surface area (Å²) in [6.07, 6.45) is -0.0782. The van der Waals surface area contributed by atoms with Crippen LogP contribution in [0.1, 0.15) is 112 Å². The Bertz CT molecular complexity index is 3130. The number of carboxylic acids is 1. The van der Waals surface area contributed by atoms with Crippen molar-refractivity contribution in [3.8, 4) is 6.07 Å². The Labute approximate surface area is 505 Å². The third-order valence-corrected chi connectivity index (χ3v) is 17.6. The number of nitrogens with zero attached hydrogens (tertiary/aromatic N) is 7. The van der Waals surface area contributed by atoms with Crippen LogP contribution in [-0.2, 0) is 49.3 Å². The van der Waals surface area contributed by atoms with Crippen molar-refractivity contribution in [3.05, 3.63) is 156 Å². The average molecular weight is 1240 g/mol. The Morgan fingerprint density at radius 2 is 1.08 bits per heavy atom. The molecule has 3 amide bonds. The third kappa shape index (κ3) is 21.0. The van der Waals surface area contributed by atoms with Crippen molar-refractivity contribution >= 4 is 89.5 Å². The molecule has 2 aliphatic heterocycles. The first-order valence-electron chi connectivity index (χ1n) is 25.9. The molecule has 20 nitrogen and oxygen atoms in total. The summed E-state index contributed by atoms with van der Waals surface area (Å²) in [7, 11) is -2.12. The van der Waals surface area contributed by atoms with Gasteiger partial charge in [-0.1, -0.05) is 128 Å². The highest BCUT2D eigenvalue weighted by Crippen LogP contribution is 2.38. The summed E-state index contributed by atoms with van der Waals surface area (Å²) in [4.78, 5) is 108. The molecule has 2 unspecified atom stereocenters. The van der Waals surface area contributed by atoms with Gasteiger partial charge in [-0.2, -0.15) is 5.26 Å². The van der Waals surface area contributed by atoms with E-state index in [4.69, 9.17) is 39.8 Å². The number of pyridine rings is 2. The van der Waals surface area contributed by atoms with E-state index in [1.165, 1.54) is 23.6 Å². The number of anilines is 2. The smallest absolute Gasteiger partial charge is 0.409 e. The summed E-state index contributed by atoms with van der Waals surface area (Å²) in [5.41, 5.74) is 9.32. The molecule has 0 saturated carbocycles. The molecule has 7 rings (SSSR count). The Morgan fingerprint density at radius 3 is 1.52 bits per heavy atom. The second-order valence-electron chi connectivity index (χ2n) is 21.5. The van der Waals surface area contributed by atoms with Crippen molar-refractivity contribution in [1.29, 1.82) is 5.26 Å². The molecule has 452 valence electrons. The van der Waals surface area contributed by atoms with Crippen molar-refractivity contribution in [2.45, 2.75) is 121 Å². The number of carbonyl (C=O) groups excluding carboxylic acids is 6. The first-order chi connectivity index (χ1) is 38.0. The van der Waals surface area contributed by atoms with Crippen molar-refractivity contribution < 1.29 is 52.6 Å². The topological polar surface area (TPSA) is 286 Å². The molecule has 4 heterocycles. The molecule has 5 aromatic rings. The minimum absolute atomic E-state index is 0. The monoisotopic (exact) mass is 1240 g/mol. The van der Waals surface area contributed by atoms with Crippen molar-refractivity contribution in [1.82, 2.24) is 15.3 Å². The van der Waals surface area contributed by atoms with Gasteiger partial charge in [0.2, 0.25) is 6.17 Å². The first-order valence-corrected chi connectivity index (χ1v) is 28.8. The van der Waals surface area contributed by atoms with Gasteiger partial charge in [0.05, 0.1) is 58.8 Å². The van der Waals surface area contributed by atoms with Crippen molar-refractivity contribution in [2.24, 2.45) is 26.5 Å². The molecule has 2 aromatic heterocycles. The van der Waals surface area contributed by atoms with E-state index in [9.17, 15) is 28.8 Å². The number of halogens is 1. The number of amides is 3. The van der Waals surface area contributed by atoms with Gasteiger partial charge in [-0.15, -0.1) is 17.0 Å². The Balaban J connectivity index is 0.000000769. The number of ether oxygens (including phenoxy) is 2. The number of hydrogen-bond acceptors (Lipinski definition) is 16. The highest BCUT2D eigenvalue weighted by atomic mass is 79.9. The minimum Gasteiger partial charge on any atom is -0.481 e. The summed E-state index contributed by atoms with van der Waals surface area (Å²) < 4.78 is 16.8. The number of alkyl carbamates (subject to hydrolysis) is 1. The van der Waals surface area contributed by atoms with Gasteiger partial charge in [-0.3, -0.25) is 49.0 Å². The van der Waals surface area contributed by atoms with E-state index in [-0.39, 0.29) is 81.3 Å². The molecule has 4 N–H and O–H groups in total. The summed E-state index contributed by atoms with van der Waals surface area (Å²) in [5, 5.41) is 17.3. The molecule has 84 heavy (non-hydrogen) atoms. The standard InChI is InChI=1S/C34H42N4O5Si.C22H24N4O4.C2H3N.C2H4O2.2CH4.BrH/c1-33(2,3)44(6,7)43-23-34(4,5)28(39)21-38-27-19-12-11-17-25(27)29(26-18-13-14-20-35-26)36-30(31(38)40)37-32(41)42-22-24-15-9-8-10-16-24;1-14(27)30-13-22(2,3)18(28)12-26-17-10-5-4-8-15(17)19(25-20(23)21(26)29)16-9-6-7-11-24-16;1-2-3;1-2(3)4;;;/h8-20,30H,21-23H2,1-7H3,(H,37,41);4-11,20H,12-13,23H2,1-3H3;1H3;1H3,(H,3,4);2*1H4;1H. The number of nitrogens with one attached hydrogen (secondary N) is 1. The lowest BCUT2D eigenvalue weighted by Crippen LogP contribution is -2.51. The SMILES string of the molecule is Br.C.C.CC#N.CC(=O)O.CC(=O)OCC(C)(C)C(=O)CN1C(=O)C(N)N=C(c2ccccn2)c2ccccc21.CC(C)(CO[Si](C)(C)C(C)(C)C)C(=O)CN1C(=O)C(NC(=O)OCc2ccccc2)N=C(c2ccccn2)c2ccccc21. The molecule has 2 aliphatic rings. The van der Waals surface area contributed by atoms with Crippen molar-refractivity contribution in [2.75, 3.05) is 36.1 Å². The maximum absolute atomic E-state index is 14.2. The van der Waals surface area contributed by atoms with Crippen molar-refractivity contribution in [3.63, 3.8) is 0 Å². The van der Waals surface area contributed by atoms with Gasteiger partial charge in [0.1, 0.15) is 13.2 Å². The Hall–Kier alpha value is -8.10. The van der Waals surface area contributed by atoms with Gasteiger partial charge in [-0.25, -0.2) is 9.79 Å². The molecule has 0 spiro atoms. The van der Waals surface area contributed by atoms with Crippen LogP contribution in [0.25, 0.3) is 0 Å². The number of rotatable bonds is 16. The Kier molecular flexibility index (Phi) is 29.3. The molecule has 0 saturated heterocycles. The summed E-state index contributed by atoms with van der Waals surface area (Å²) >= 11 is 0. The number of carbonyl (C=O) groups is 7. The number of fused-ring (bicyclic) bond motifs is 2. The van der Waals surface area contributed by atoms with Crippen LogP contribution in [0.15, 0.2) is 138 Å². The second kappa shape index (κ2) is 33.3. The number of benzodiazepines with no additional fused rings is 2. The summed E-state index contributed by atoms with van der Waals surface area (Å²) in [6, 6.07) is 36.2. The van der Waals surface area contributed by atoms with E-state index >= 15 is 0 Å². The number of benzene rings is 3. The van der Waals surface area contributed by atoms with Gasteiger partial charge in [0.15, 0.2) is 26.0 Å². The minimum atomic E-state index is -2.12. The quantitative estimate of drug-likeness (QED) is 0.0611. The molecular weight excluding hydrogens is 1150 g/mol. The fraction of sp³-hybridized carbons (Fsp3) is 0.387. The second-order valence-corrected chi connectivity index (χ2v) is 26.3. The van der Waals surface area contributed by atoms with Crippen LogP contribution in [0.3, 0.4) is 0 Å². The van der Waals surface area contributed by atoms with Gasteiger partial charge >= 0.3 is 12.1 Å². The fourth-order valence-corrected chi connectivity index (χ4v) is 8.48. The average Bonchev–Trinajstić information content (AvgIpc) is 2.99. The van der Waals surface area contributed by atoms with E-state index in [2.05, 4.69) is 54.1 Å². The molecule has 0 bridgehead atoms. The highest BCUT2D eigenvalue weighted by Gasteiger charge is 2.42. The summed E-state index contributed by atoms with van der Waals surface area (Å²) in [6.45, 7) is 21.3. The van der Waals surface area contributed by atoms with E-state index < -0.39 is 61.3 Å². The lowest BCUT2D eigenvalue weighted by molar-refractivity contribution is -0.146. The Morgan fingerprint density at radius 1 is 0.667 bits per heavy atom. The first kappa shape index (κ1) is 73.9. The van der Waals surface area contributed by atoms with E-state index in [0.717, 1.165) is 12.5 Å². The predicted octanol–water partition coefficient (Wildman–Crippen LogP) is 10.3. The van der Waals surface area contributed by atoms with Gasteiger partial charge < -0.3 is 34.5 Å². The highest BCUT2D eigenvalue weighted by molar-refractivity contribution is 8.93. The van der Waals surface area contributed by atoms with Crippen LogP contribution < -0.4 is 20.9 Å². The van der Waals surface area contributed by atoms with Crippen LogP contribution in [0, 0.1) is 22.2 Å². The van der Waals surface area contributed by atoms with E-state index in [0.29, 0.717) is 45.3 Å². The number of Topliss-reactive ketones (excluding diaryl/α,β-unsaturated/α-hetero) is 2. The van der Waals surface area contributed by atoms with Crippen LogP contribution in [-0.4, -0.2) is 115 Å². The number of aliphatic carboxylic acids is 1. The maximum Gasteiger partial charge on any atom is 0.409 e. The normalized spacial score (nSPS) is 14.4. The molecule has 0 fully saturated rings. The zero-order chi connectivity index (χ0) is 60.3. The zero-order valence-electron chi connectivity index (χ0n) is 48.5. The zero-order valence-corrected chi connectivity index (χ0v) is 51.2. The molecule has 0 radical (unpaired) electrons. The molecule has 0 aliphatic carbocycles. The van der Waals surface area contributed by atoms with Gasteiger partial charge in [0, 0.05) is 56.3 Å². The predicted molar refractivity (Wildman–Crippen MR) is 335 cm³/mol. The van der Waals surface area contributed by atoms with E-state index in [1.807, 2.05) is 80.6 Å².